The van der Waals surface area contributed by atoms with Crippen LogP contribution in [0.1, 0.15) is 11.4 Å². The number of pyridine rings is 1. The van der Waals surface area contributed by atoms with E-state index in [1.54, 1.807) is 0 Å². The molecule has 178 valence electrons. The molecule has 0 radical (unpaired) electrons. The first-order chi connectivity index (χ1) is 17.6. The molecule has 0 bridgehead atoms. The van der Waals surface area contributed by atoms with Gasteiger partial charge in [-0.15, -0.1) is 0 Å². The van der Waals surface area contributed by atoms with Gasteiger partial charge in [0.2, 0.25) is 0 Å². The molecular formula is C31H27F2NP2+2. The zero-order valence-corrected chi connectivity index (χ0v) is 21.6. The van der Waals surface area contributed by atoms with Gasteiger partial charge in [-0.3, -0.25) is 0 Å². The molecule has 0 unspecified atom stereocenters. The molecule has 1 aromatic heterocycles. The number of benzene rings is 4. The molecule has 5 heteroatoms. The fraction of sp³-hybridized carbons (Fsp3) is 0.0645. The zero-order valence-electron chi connectivity index (χ0n) is 19.8. The standard InChI is InChI=1S/C31H27F2NP2/c32-35(28-16-5-1-6-17-28,29-18-7-2-8-19-29)24-26-14-13-15-27(34-26)25-36(33,30-20-9-3-10-21-30)31-22-11-4-12-23-31/h1-23H,24-25H2/q+2. The minimum absolute atomic E-state index is 0.170. The Balaban J connectivity index is 1.52. The SMILES string of the molecule is F[P+](Cc1cccc(C[P+](F)(c2ccccc2)c2ccccc2)n1)(c1ccccc1)c1ccccc1. The third kappa shape index (κ3) is 5.14. The first kappa shape index (κ1) is 24.4. The molecule has 0 fully saturated rings. The molecule has 1 heterocycles. The summed E-state index contributed by atoms with van der Waals surface area (Å²) in [5.41, 5.74) is 1.28. The fourth-order valence-corrected chi connectivity index (χ4v) is 9.62. The summed E-state index contributed by atoms with van der Waals surface area (Å²) < 4.78 is 33.9. The van der Waals surface area contributed by atoms with E-state index >= 15 is 8.39 Å². The Morgan fingerprint density at radius 2 is 0.667 bits per heavy atom. The summed E-state index contributed by atoms with van der Waals surface area (Å²) in [4.78, 5) is 4.82. The van der Waals surface area contributed by atoms with Crippen LogP contribution in [-0.2, 0) is 12.3 Å². The van der Waals surface area contributed by atoms with E-state index in [0.717, 1.165) is 0 Å². The summed E-state index contributed by atoms with van der Waals surface area (Å²) in [7, 11) is -6.46. The predicted octanol–water partition coefficient (Wildman–Crippen LogP) is 7.19. The highest BCUT2D eigenvalue weighted by Crippen LogP contribution is 2.62. The van der Waals surface area contributed by atoms with Crippen molar-refractivity contribution in [1.29, 1.82) is 0 Å². The Labute approximate surface area is 212 Å². The van der Waals surface area contributed by atoms with Gasteiger partial charge in [0, 0.05) is 0 Å². The highest BCUT2D eigenvalue weighted by Gasteiger charge is 2.47. The highest BCUT2D eigenvalue weighted by atomic mass is 31.2. The number of hydrogen-bond acceptors (Lipinski definition) is 1. The van der Waals surface area contributed by atoms with Gasteiger partial charge in [-0.2, -0.15) is 0 Å². The number of nitrogens with zero attached hydrogens (tertiary/aromatic N) is 1. The average molecular weight is 514 g/mol. The van der Waals surface area contributed by atoms with Crippen molar-refractivity contribution in [2.24, 2.45) is 0 Å². The first-order valence-electron chi connectivity index (χ1n) is 11.9. The van der Waals surface area contributed by atoms with Gasteiger partial charge < -0.3 is 0 Å². The molecule has 0 atom stereocenters. The molecule has 1 nitrogen and oxygen atoms in total. The van der Waals surface area contributed by atoms with Crippen molar-refractivity contribution in [3.8, 4) is 0 Å². The van der Waals surface area contributed by atoms with Crippen LogP contribution in [-0.4, -0.2) is 4.98 Å². The second-order valence-corrected chi connectivity index (χ2v) is 14.3. The third-order valence-electron chi connectivity index (χ3n) is 6.29. The van der Waals surface area contributed by atoms with Crippen molar-refractivity contribution < 1.29 is 8.39 Å². The van der Waals surface area contributed by atoms with E-state index in [1.165, 1.54) is 0 Å². The molecule has 5 rings (SSSR count). The maximum atomic E-state index is 16.9. The number of hydrogen-bond donors (Lipinski definition) is 0. The van der Waals surface area contributed by atoms with Gasteiger partial charge in [0.25, 0.3) is 15.1 Å². The van der Waals surface area contributed by atoms with E-state index < -0.39 is 15.1 Å². The summed E-state index contributed by atoms with van der Waals surface area (Å²) in [6.45, 7) is 0. The van der Waals surface area contributed by atoms with E-state index in [9.17, 15) is 0 Å². The molecule has 4 aromatic carbocycles. The maximum absolute atomic E-state index is 16.9. The van der Waals surface area contributed by atoms with Crippen LogP contribution in [0.15, 0.2) is 140 Å². The largest absolute Gasteiger partial charge is 0.272 e. The molecular weight excluding hydrogens is 486 g/mol. The summed E-state index contributed by atoms with van der Waals surface area (Å²) in [6.07, 6.45) is 0.340. The van der Waals surface area contributed by atoms with E-state index in [2.05, 4.69) is 0 Å². The van der Waals surface area contributed by atoms with Crippen LogP contribution in [0.3, 0.4) is 0 Å². The van der Waals surface area contributed by atoms with Crippen molar-refractivity contribution >= 4 is 36.4 Å². The summed E-state index contributed by atoms with van der Waals surface area (Å²) in [5.74, 6) is 0. The lowest BCUT2D eigenvalue weighted by Gasteiger charge is -2.18. The van der Waals surface area contributed by atoms with E-state index in [0.29, 0.717) is 32.6 Å². The van der Waals surface area contributed by atoms with Gasteiger partial charge >= 0.3 is 0 Å². The topological polar surface area (TPSA) is 12.9 Å². The lowest BCUT2D eigenvalue weighted by Crippen LogP contribution is -2.22. The quantitative estimate of drug-likeness (QED) is 0.200. The van der Waals surface area contributed by atoms with Gasteiger partial charge in [0.05, 0.1) is 11.4 Å². The lowest BCUT2D eigenvalue weighted by atomic mass is 10.3. The molecule has 0 saturated heterocycles. The highest BCUT2D eigenvalue weighted by molar-refractivity contribution is 7.84. The van der Waals surface area contributed by atoms with Gasteiger partial charge in [-0.1, -0.05) is 87.3 Å². The van der Waals surface area contributed by atoms with Crippen LogP contribution in [0.2, 0.25) is 0 Å². The fourth-order valence-electron chi connectivity index (χ4n) is 4.47. The minimum atomic E-state index is -3.23. The molecule has 0 aliphatic carbocycles. The van der Waals surface area contributed by atoms with Crippen molar-refractivity contribution in [3.63, 3.8) is 0 Å². The van der Waals surface area contributed by atoms with E-state index in [1.807, 2.05) is 140 Å². The summed E-state index contributed by atoms with van der Waals surface area (Å²) in [5, 5.41) is 2.74. The van der Waals surface area contributed by atoms with Crippen LogP contribution >= 0.6 is 15.1 Å². The van der Waals surface area contributed by atoms with Crippen molar-refractivity contribution in [2.75, 3.05) is 0 Å². The number of aromatic nitrogens is 1. The Bertz CT molecular complexity index is 1210. The number of rotatable bonds is 8. The van der Waals surface area contributed by atoms with Crippen LogP contribution in [0.4, 0.5) is 8.39 Å². The van der Waals surface area contributed by atoms with Crippen LogP contribution in [0.25, 0.3) is 0 Å². The van der Waals surface area contributed by atoms with Crippen LogP contribution in [0.5, 0.6) is 0 Å². The molecule has 0 saturated carbocycles. The molecule has 0 N–H and O–H groups in total. The second kappa shape index (κ2) is 10.8. The van der Waals surface area contributed by atoms with Crippen molar-refractivity contribution in [3.05, 3.63) is 151 Å². The molecule has 0 aliphatic heterocycles. The van der Waals surface area contributed by atoms with Crippen LogP contribution in [0, 0.1) is 0 Å². The average Bonchev–Trinajstić information content (AvgIpc) is 2.95. The molecule has 36 heavy (non-hydrogen) atoms. The number of halogens is 2. The Kier molecular flexibility index (Phi) is 7.33. The smallest absolute Gasteiger partial charge is 0.250 e. The van der Waals surface area contributed by atoms with Crippen molar-refractivity contribution in [2.45, 2.75) is 12.3 Å². The predicted molar refractivity (Wildman–Crippen MR) is 152 cm³/mol. The van der Waals surface area contributed by atoms with Gasteiger partial charge in [0.1, 0.15) is 33.5 Å². The van der Waals surface area contributed by atoms with Gasteiger partial charge in [0.15, 0.2) is 0 Å². The van der Waals surface area contributed by atoms with Gasteiger partial charge in [-0.05, 0) is 60.7 Å². The Morgan fingerprint density at radius 3 is 0.944 bits per heavy atom. The lowest BCUT2D eigenvalue weighted by molar-refractivity contribution is 0.866. The normalized spacial score (nSPS) is 11.8. The maximum Gasteiger partial charge on any atom is 0.272 e. The summed E-state index contributed by atoms with van der Waals surface area (Å²) >= 11 is 0. The van der Waals surface area contributed by atoms with Crippen molar-refractivity contribution in [1.82, 2.24) is 4.98 Å². The second-order valence-electron chi connectivity index (χ2n) is 8.71. The monoisotopic (exact) mass is 513 g/mol. The third-order valence-corrected chi connectivity index (χ3v) is 12.3. The summed E-state index contributed by atoms with van der Waals surface area (Å²) in [6, 6.07) is 43.0. The minimum Gasteiger partial charge on any atom is -0.250 e. The molecule has 0 aliphatic rings. The zero-order chi connectivity index (χ0) is 24.8. The first-order valence-corrected chi connectivity index (χ1v) is 15.6. The van der Waals surface area contributed by atoms with E-state index in [-0.39, 0.29) is 12.3 Å². The van der Waals surface area contributed by atoms with Gasteiger partial charge in [-0.25, -0.2) is 4.98 Å². The van der Waals surface area contributed by atoms with E-state index in [4.69, 9.17) is 4.98 Å². The molecule has 0 spiro atoms. The Morgan fingerprint density at radius 1 is 0.389 bits per heavy atom. The molecule has 0 amide bonds. The molecule has 5 aromatic rings. The van der Waals surface area contributed by atoms with Crippen LogP contribution < -0.4 is 21.2 Å². The Hall–Kier alpha value is -3.25.